The van der Waals surface area contributed by atoms with Gasteiger partial charge in [0, 0.05) is 30.9 Å². The summed E-state index contributed by atoms with van der Waals surface area (Å²) in [6.45, 7) is 5.95. The molecule has 0 radical (unpaired) electrons. The van der Waals surface area contributed by atoms with Crippen LogP contribution in [0.1, 0.15) is 44.1 Å². The van der Waals surface area contributed by atoms with E-state index in [-0.39, 0.29) is 0 Å². The summed E-state index contributed by atoms with van der Waals surface area (Å²) in [5.74, 6) is 1.34. The summed E-state index contributed by atoms with van der Waals surface area (Å²) in [6, 6.07) is 0.744. The Labute approximate surface area is 104 Å². The summed E-state index contributed by atoms with van der Waals surface area (Å²) in [6.07, 6.45) is 9.90. The predicted molar refractivity (Wildman–Crippen MR) is 69.1 cm³/mol. The average molecular weight is 233 g/mol. The molecule has 1 aromatic rings. The fourth-order valence-electron chi connectivity index (χ4n) is 3.42. The highest BCUT2D eigenvalue weighted by atomic mass is 15.2. The van der Waals surface area contributed by atoms with E-state index < -0.39 is 0 Å². The van der Waals surface area contributed by atoms with Gasteiger partial charge in [0.05, 0.1) is 0 Å². The fraction of sp³-hybridized carbons (Fsp3) is 0.786. The Morgan fingerprint density at radius 2 is 2.24 bits per heavy atom. The number of imidazole rings is 1. The first-order valence-corrected chi connectivity index (χ1v) is 7.16. The second-order valence-corrected chi connectivity index (χ2v) is 5.40. The van der Waals surface area contributed by atoms with Crippen LogP contribution < -0.4 is 0 Å². The number of nitrogens with zero attached hydrogens (tertiary/aromatic N) is 3. The topological polar surface area (TPSA) is 21.1 Å². The Balaban J connectivity index is 1.74. The van der Waals surface area contributed by atoms with Gasteiger partial charge in [0.15, 0.2) is 0 Å². The molecule has 3 nitrogen and oxygen atoms in total. The van der Waals surface area contributed by atoms with Crippen molar-refractivity contribution >= 4 is 0 Å². The van der Waals surface area contributed by atoms with E-state index in [2.05, 4.69) is 27.6 Å². The molecule has 2 aliphatic heterocycles. The van der Waals surface area contributed by atoms with E-state index in [0.29, 0.717) is 0 Å². The van der Waals surface area contributed by atoms with E-state index in [1.54, 1.807) is 0 Å². The lowest BCUT2D eigenvalue weighted by molar-refractivity contribution is 0.261. The summed E-state index contributed by atoms with van der Waals surface area (Å²) in [7, 11) is 0. The van der Waals surface area contributed by atoms with Gasteiger partial charge in [-0.25, -0.2) is 4.98 Å². The summed E-state index contributed by atoms with van der Waals surface area (Å²) < 4.78 is 2.48. The van der Waals surface area contributed by atoms with Crippen LogP contribution in [0, 0.1) is 0 Å². The molecule has 94 valence electrons. The average Bonchev–Trinajstić information content (AvgIpc) is 2.97. The molecule has 0 aromatic carbocycles. The van der Waals surface area contributed by atoms with Crippen molar-refractivity contribution in [3.8, 4) is 0 Å². The third-order valence-corrected chi connectivity index (χ3v) is 4.41. The number of likely N-dealkylation sites (tertiary alicyclic amines) is 1. The molecule has 3 heterocycles. The van der Waals surface area contributed by atoms with E-state index in [1.165, 1.54) is 63.3 Å². The highest BCUT2D eigenvalue weighted by molar-refractivity contribution is 5.09. The minimum absolute atomic E-state index is 0.744. The molecule has 0 bridgehead atoms. The zero-order chi connectivity index (χ0) is 11.7. The van der Waals surface area contributed by atoms with E-state index in [4.69, 9.17) is 0 Å². The zero-order valence-electron chi connectivity index (χ0n) is 10.9. The van der Waals surface area contributed by atoms with Crippen molar-refractivity contribution in [2.24, 2.45) is 0 Å². The van der Waals surface area contributed by atoms with Gasteiger partial charge < -0.3 is 9.47 Å². The SMILES string of the molecule is CCN1CCCC1Cc1ncc2n1CCCC2. The van der Waals surface area contributed by atoms with Gasteiger partial charge in [-0.2, -0.15) is 0 Å². The molecule has 3 rings (SSSR count). The molecule has 17 heavy (non-hydrogen) atoms. The van der Waals surface area contributed by atoms with Gasteiger partial charge in [0.1, 0.15) is 5.82 Å². The second kappa shape index (κ2) is 4.81. The predicted octanol–water partition coefficient (Wildman–Crippen LogP) is 2.25. The summed E-state index contributed by atoms with van der Waals surface area (Å²) in [5.41, 5.74) is 1.47. The number of hydrogen-bond donors (Lipinski definition) is 0. The Bertz CT molecular complexity index is 383. The van der Waals surface area contributed by atoms with Crippen molar-refractivity contribution < 1.29 is 0 Å². The van der Waals surface area contributed by atoms with Crippen molar-refractivity contribution in [1.29, 1.82) is 0 Å². The first-order valence-electron chi connectivity index (χ1n) is 7.16. The van der Waals surface area contributed by atoms with Gasteiger partial charge in [0.2, 0.25) is 0 Å². The smallest absolute Gasteiger partial charge is 0.110 e. The number of aromatic nitrogens is 2. The molecule has 1 saturated heterocycles. The quantitative estimate of drug-likeness (QED) is 0.798. The third kappa shape index (κ3) is 2.13. The maximum atomic E-state index is 4.67. The van der Waals surface area contributed by atoms with Crippen LogP contribution >= 0.6 is 0 Å². The van der Waals surface area contributed by atoms with Crippen molar-refractivity contribution in [1.82, 2.24) is 14.5 Å². The maximum Gasteiger partial charge on any atom is 0.110 e. The molecule has 0 spiro atoms. The van der Waals surface area contributed by atoms with Crippen molar-refractivity contribution in [3.63, 3.8) is 0 Å². The number of aryl methyl sites for hydroxylation is 1. The van der Waals surface area contributed by atoms with E-state index >= 15 is 0 Å². The van der Waals surface area contributed by atoms with Gasteiger partial charge in [-0.1, -0.05) is 6.92 Å². The highest BCUT2D eigenvalue weighted by Crippen LogP contribution is 2.23. The lowest BCUT2D eigenvalue weighted by atomic mass is 10.1. The Hall–Kier alpha value is -0.830. The lowest BCUT2D eigenvalue weighted by Gasteiger charge is -2.24. The normalized spacial score (nSPS) is 25.1. The van der Waals surface area contributed by atoms with Crippen molar-refractivity contribution in [2.75, 3.05) is 13.1 Å². The number of likely N-dealkylation sites (N-methyl/N-ethyl adjacent to an activating group) is 1. The molecule has 1 atom stereocenters. The molecule has 1 aromatic heterocycles. The molecule has 1 unspecified atom stereocenters. The maximum absolute atomic E-state index is 4.67. The minimum atomic E-state index is 0.744. The Morgan fingerprint density at radius 1 is 1.29 bits per heavy atom. The first kappa shape index (κ1) is 11.3. The molecule has 0 amide bonds. The summed E-state index contributed by atoms with van der Waals surface area (Å²) >= 11 is 0. The summed E-state index contributed by atoms with van der Waals surface area (Å²) in [4.78, 5) is 7.28. The van der Waals surface area contributed by atoms with Crippen LogP contribution in [0.3, 0.4) is 0 Å². The molecule has 1 fully saturated rings. The van der Waals surface area contributed by atoms with E-state index in [0.717, 1.165) is 12.5 Å². The first-order chi connectivity index (χ1) is 8.38. The van der Waals surface area contributed by atoms with Gasteiger partial charge >= 0.3 is 0 Å². The van der Waals surface area contributed by atoms with Gasteiger partial charge in [-0.3, -0.25) is 0 Å². The molecular weight excluding hydrogens is 210 g/mol. The minimum Gasteiger partial charge on any atom is -0.332 e. The van der Waals surface area contributed by atoms with Gasteiger partial charge in [0.25, 0.3) is 0 Å². The second-order valence-electron chi connectivity index (χ2n) is 5.40. The standard InChI is InChI=1S/C14H23N3/c1-2-16-8-5-7-12(16)10-14-15-11-13-6-3-4-9-17(13)14/h11-12H,2-10H2,1H3. The van der Waals surface area contributed by atoms with Crippen molar-refractivity contribution in [2.45, 2.75) is 58.0 Å². The van der Waals surface area contributed by atoms with Crippen LogP contribution in [0.15, 0.2) is 6.20 Å². The monoisotopic (exact) mass is 233 g/mol. The Kier molecular flexibility index (Phi) is 3.19. The Morgan fingerprint density at radius 3 is 3.12 bits per heavy atom. The van der Waals surface area contributed by atoms with Crippen LogP contribution in [0.5, 0.6) is 0 Å². The van der Waals surface area contributed by atoms with Crippen molar-refractivity contribution in [3.05, 3.63) is 17.7 Å². The number of rotatable bonds is 3. The molecule has 0 aliphatic carbocycles. The highest BCUT2D eigenvalue weighted by Gasteiger charge is 2.25. The molecule has 2 aliphatic rings. The van der Waals surface area contributed by atoms with E-state index in [9.17, 15) is 0 Å². The molecule has 3 heteroatoms. The van der Waals surface area contributed by atoms with E-state index in [1.807, 2.05) is 0 Å². The van der Waals surface area contributed by atoms with Crippen LogP contribution in [0.2, 0.25) is 0 Å². The van der Waals surface area contributed by atoms with Crippen LogP contribution in [0.25, 0.3) is 0 Å². The van der Waals surface area contributed by atoms with Crippen LogP contribution in [-0.2, 0) is 19.4 Å². The fourth-order valence-corrected chi connectivity index (χ4v) is 3.42. The number of fused-ring (bicyclic) bond motifs is 1. The van der Waals surface area contributed by atoms with Gasteiger partial charge in [-0.15, -0.1) is 0 Å². The zero-order valence-corrected chi connectivity index (χ0v) is 10.9. The summed E-state index contributed by atoms with van der Waals surface area (Å²) in [5, 5.41) is 0. The van der Waals surface area contributed by atoms with Crippen LogP contribution in [-0.4, -0.2) is 33.6 Å². The largest absolute Gasteiger partial charge is 0.332 e. The third-order valence-electron chi connectivity index (χ3n) is 4.41. The lowest BCUT2D eigenvalue weighted by Crippen LogP contribution is -2.32. The molecule has 0 N–H and O–H groups in total. The molecular formula is C14H23N3. The molecule has 0 saturated carbocycles. The van der Waals surface area contributed by atoms with Crippen LogP contribution in [0.4, 0.5) is 0 Å². The van der Waals surface area contributed by atoms with Gasteiger partial charge in [-0.05, 0) is 45.2 Å². The number of hydrogen-bond acceptors (Lipinski definition) is 2.